The number of carbonyl (C=O) groups excluding carboxylic acids is 1. The number of nitrogens with one attached hydrogen (secondary N) is 1. The average Bonchev–Trinajstić information content (AvgIpc) is 3.25. The summed E-state index contributed by atoms with van der Waals surface area (Å²) in [6, 6.07) is 5.63. The van der Waals surface area contributed by atoms with Crippen molar-refractivity contribution in [3.8, 4) is 0 Å². The molecule has 2 atom stereocenters. The van der Waals surface area contributed by atoms with Crippen molar-refractivity contribution >= 4 is 44.9 Å². The number of fused-ring (bicyclic) bond motifs is 1. The van der Waals surface area contributed by atoms with Crippen LogP contribution in [0.25, 0.3) is 10.2 Å². The maximum atomic E-state index is 12.9. The van der Waals surface area contributed by atoms with Crippen LogP contribution in [-0.4, -0.2) is 40.5 Å². The summed E-state index contributed by atoms with van der Waals surface area (Å²) in [5, 5.41) is 7.71. The molecule has 1 fully saturated rings. The smallest absolute Gasteiger partial charge is 0.229 e. The highest BCUT2D eigenvalue weighted by atomic mass is 35.5. The monoisotopic (exact) mass is 388 g/mol. The summed E-state index contributed by atoms with van der Waals surface area (Å²) >= 11 is 7.34. The van der Waals surface area contributed by atoms with Gasteiger partial charge in [-0.15, -0.1) is 5.10 Å². The van der Waals surface area contributed by atoms with E-state index in [0.717, 1.165) is 28.0 Å². The standard InChI is InChI=1S/C19H21ClN4OS/c1-4-13(20)6-5-12(2)15-10-24(3)11-16(15)19(25)21-14-7-8-17-18(9-14)26-23-22-17/h4-9,15-16H,2,10-11H2,1,3H3,(H,21,25)/b6-5-,13-4+/t15-,16+/m0/s1. The van der Waals surface area contributed by atoms with E-state index < -0.39 is 0 Å². The first kappa shape index (κ1) is 18.8. The number of aromatic nitrogens is 2. The van der Waals surface area contributed by atoms with E-state index in [4.69, 9.17) is 11.6 Å². The van der Waals surface area contributed by atoms with Crippen molar-refractivity contribution in [3.63, 3.8) is 0 Å². The quantitative estimate of drug-likeness (QED) is 0.784. The van der Waals surface area contributed by atoms with Crippen molar-refractivity contribution < 1.29 is 4.79 Å². The number of benzene rings is 1. The summed E-state index contributed by atoms with van der Waals surface area (Å²) in [6.45, 7) is 7.53. The van der Waals surface area contributed by atoms with Crippen LogP contribution in [0.15, 0.2) is 53.6 Å². The highest BCUT2D eigenvalue weighted by molar-refractivity contribution is 7.12. The Balaban J connectivity index is 1.73. The molecule has 0 radical (unpaired) electrons. The summed E-state index contributed by atoms with van der Waals surface area (Å²) in [5.41, 5.74) is 2.52. The molecule has 1 aliphatic rings. The lowest BCUT2D eigenvalue weighted by Crippen LogP contribution is -2.29. The van der Waals surface area contributed by atoms with Gasteiger partial charge < -0.3 is 10.2 Å². The van der Waals surface area contributed by atoms with Crippen LogP contribution in [0, 0.1) is 11.8 Å². The van der Waals surface area contributed by atoms with Gasteiger partial charge >= 0.3 is 0 Å². The van der Waals surface area contributed by atoms with Gasteiger partial charge in [0.15, 0.2) is 0 Å². The first-order valence-electron chi connectivity index (χ1n) is 8.38. The number of anilines is 1. The number of hydrogen-bond donors (Lipinski definition) is 1. The molecule has 1 aromatic carbocycles. The molecule has 0 spiro atoms. The third kappa shape index (κ3) is 4.20. The average molecular weight is 389 g/mol. The third-order valence-electron chi connectivity index (χ3n) is 4.56. The molecular formula is C19H21ClN4OS. The Morgan fingerprint density at radius 2 is 2.15 bits per heavy atom. The van der Waals surface area contributed by atoms with E-state index in [9.17, 15) is 4.79 Å². The molecule has 5 nitrogen and oxygen atoms in total. The predicted octanol–water partition coefficient (Wildman–Crippen LogP) is 4.06. The van der Waals surface area contributed by atoms with Crippen molar-refractivity contribution in [2.24, 2.45) is 11.8 Å². The molecule has 2 heterocycles. The largest absolute Gasteiger partial charge is 0.326 e. The first-order chi connectivity index (χ1) is 12.5. The van der Waals surface area contributed by atoms with E-state index in [1.165, 1.54) is 11.5 Å². The number of amides is 1. The summed E-state index contributed by atoms with van der Waals surface area (Å²) in [6.07, 6.45) is 5.55. The van der Waals surface area contributed by atoms with Gasteiger partial charge in [0.1, 0.15) is 5.52 Å². The second-order valence-electron chi connectivity index (χ2n) is 6.46. The minimum absolute atomic E-state index is 0.00264. The van der Waals surface area contributed by atoms with Crippen molar-refractivity contribution in [1.82, 2.24) is 14.5 Å². The van der Waals surface area contributed by atoms with Gasteiger partial charge in [0.05, 0.1) is 10.6 Å². The van der Waals surface area contributed by atoms with E-state index in [1.54, 1.807) is 0 Å². The first-order valence-corrected chi connectivity index (χ1v) is 9.53. The molecule has 0 aliphatic carbocycles. The number of halogens is 1. The Hall–Kier alpha value is -2.02. The van der Waals surface area contributed by atoms with Gasteiger partial charge in [0.25, 0.3) is 0 Å². The third-order valence-corrected chi connectivity index (χ3v) is 5.59. The molecule has 26 heavy (non-hydrogen) atoms. The van der Waals surface area contributed by atoms with Crippen molar-refractivity contribution in [1.29, 1.82) is 0 Å². The minimum Gasteiger partial charge on any atom is -0.326 e. The Morgan fingerprint density at radius 1 is 1.38 bits per heavy atom. The Labute approximate surface area is 162 Å². The molecule has 1 saturated heterocycles. The fourth-order valence-electron chi connectivity index (χ4n) is 3.14. The van der Waals surface area contributed by atoms with Crippen LogP contribution in [0.2, 0.25) is 0 Å². The molecule has 0 unspecified atom stereocenters. The van der Waals surface area contributed by atoms with Crippen molar-refractivity contribution in [2.45, 2.75) is 6.92 Å². The summed E-state index contributed by atoms with van der Waals surface area (Å²) in [4.78, 5) is 15.0. The number of hydrogen-bond acceptors (Lipinski definition) is 5. The highest BCUT2D eigenvalue weighted by Crippen LogP contribution is 2.30. The number of likely N-dealkylation sites (tertiary alicyclic amines) is 1. The molecule has 2 aromatic rings. The predicted molar refractivity (Wildman–Crippen MR) is 108 cm³/mol. The maximum Gasteiger partial charge on any atom is 0.229 e. The highest BCUT2D eigenvalue weighted by Gasteiger charge is 2.37. The number of nitrogens with zero attached hydrogens (tertiary/aromatic N) is 3. The molecule has 0 saturated carbocycles. The van der Waals surface area contributed by atoms with Crippen molar-refractivity contribution in [2.75, 3.05) is 25.5 Å². The van der Waals surface area contributed by atoms with Gasteiger partial charge in [0, 0.05) is 29.7 Å². The van der Waals surface area contributed by atoms with E-state index in [1.807, 2.05) is 50.4 Å². The fraction of sp³-hybridized carbons (Fsp3) is 0.316. The van der Waals surface area contributed by atoms with E-state index >= 15 is 0 Å². The lowest BCUT2D eigenvalue weighted by molar-refractivity contribution is -0.120. The van der Waals surface area contributed by atoms with Crippen LogP contribution in [0.3, 0.4) is 0 Å². The zero-order chi connectivity index (χ0) is 18.7. The molecule has 0 bridgehead atoms. The van der Waals surface area contributed by atoms with Crippen molar-refractivity contribution in [3.05, 3.63) is 53.6 Å². The summed E-state index contributed by atoms with van der Waals surface area (Å²) in [7, 11) is 2.02. The Bertz CT molecular complexity index is 889. The van der Waals surface area contributed by atoms with Crippen LogP contribution in [-0.2, 0) is 4.79 Å². The van der Waals surface area contributed by atoms with Gasteiger partial charge in [-0.3, -0.25) is 4.79 Å². The number of carbonyl (C=O) groups is 1. The van der Waals surface area contributed by atoms with Gasteiger partial charge in [-0.05, 0) is 55.4 Å². The van der Waals surface area contributed by atoms with E-state index in [2.05, 4.69) is 26.4 Å². The van der Waals surface area contributed by atoms with Crippen LogP contribution in [0.4, 0.5) is 5.69 Å². The molecule has 1 amide bonds. The Kier molecular flexibility index (Phi) is 5.86. The lowest BCUT2D eigenvalue weighted by Gasteiger charge is -2.18. The molecule has 3 rings (SSSR count). The van der Waals surface area contributed by atoms with Gasteiger partial charge in [0.2, 0.25) is 5.91 Å². The van der Waals surface area contributed by atoms with Gasteiger partial charge in [-0.25, -0.2) is 0 Å². The molecular weight excluding hydrogens is 368 g/mol. The number of allylic oxidation sites excluding steroid dienone is 4. The van der Waals surface area contributed by atoms with Crippen LogP contribution in [0.5, 0.6) is 0 Å². The van der Waals surface area contributed by atoms with Crippen LogP contribution in [0.1, 0.15) is 6.92 Å². The second-order valence-corrected chi connectivity index (χ2v) is 7.68. The topological polar surface area (TPSA) is 58.1 Å². The molecule has 136 valence electrons. The SMILES string of the molecule is C=C(/C=C\C(Cl)=C/C)[C@@H]1CN(C)C[C@H]1C(=O)Nc1ccc2nnsc2c1. The lowest BCUT2D eigenvalue weighted by atomic mass is 9.88. The zero-order valence-corrected chi connectivity index (χ0v) is 16.3. The molecule has 1 aromatic heterocycles. The normalized spacial score (nSPS) is 21.6. The molecule has 1 aliphatic heterocycles. The maximum absolute atomic E-state index is 12.9. The van der Waals surface area contributed by atoms with E-state index in [-0.39, 0.29) is 17.7 Å². The van der Waals surface area contributed by atoms with Gasteiger partial charge in [-0.2, -0.15) is 0 Å². The summed E-state index contributed by atoms with van der Waals surface area (Å²) in [5.74, 6) is -0.0916. The minimum atomic E-state index is -0.156. The fourth-order valence-corrected chi connectivity index (χ4v) is 3.80. The summed E-state index contributed by atoms with van der Waals surface area (Å²) < 4.78 is 4.88. The van der Waals surface area contributed by atoms with Crippen LogP contribution < -0.4 is 5.32 Å². The van der Waals surface area contributed by atoms with Crippen LogP contribution >= 0.6 is 23.1 Å². The molecule has 1 N–H and O–H groups in total. The second kappa shape index (κ2) is 8.12. The van der Waals surface area contributed by atoms with Gasteiger partial charge in [-0.1, -0.05) is 34.8 Å². The Morgan fingerprint density at radius 3 is 2.92 bits per heavy atom. The molecule has 7 heteroatoms. The zero-order valence-electron chi connectivity index (χ0n) is 14.8. The number of rotatable bonds is 5. The van der Waals surface area contributed by atoms with E-state index in [0.29, 0.717) is 11.6 Å².